The summed E-state index contributed by atoms with van der Waals surface area (Å²) in [4.78, 5) is 10.5. The molecule has 0 amide bonds. The average Bonchev–Trinajstić information content (AvgIpc) is 2.31. The van der Waals surface area contributed by atoms with Gasteiger partial charge < -0.3 is 4.74 Å². The maximum Gasteiger partial charge on any atom is 0.313 e. The van der Waals surface area contributed by atoms with Crippen LogP contribution in [0.2, 0.25) is 5.02 Å². The summed E-state index contributed by atoms with van der Waals surface area (Å²) < 4.78 is 6.02. The smallest absolute Gasteiger partial charge is 0.313 e. The predicted octanol–water partition coefficient (Wildman–Crippen LogP) is 4.74. The fourth-order valence-electron chi connectivity index (χ4n) is 1.55. The molecule has 0 aliphatic heterocycles. The van der Waals surface area contributed by atoms with Crippen molar-refractivity contribution in [1.29, 1.82) is 0 Å². The first-order chi connectivity index (χ1) is 8.95. The van der Waals surface area contributed by atoms with Crippen molar-refractivity contribution in [3.05, 3.63) is 31.7 Å². The molecule has 1 unspecified atom stereocenters. The third-order valence-corrected chi connectivity index (χ3v) is 3.73. The van der Waals surface area contributed by atoms with Gasteiger partial charge >= 0.3 is 5.69 Å². The van der Waals surface area contributed by atoms with Crippen molar-refractivity contribution in [1.82, 2.24) is 0 Å². The summed E-state index contributed by atoms with van der Waals surface area (Å²) in [5.74, 6) is 1.53. The molecule has 1 atom stereocenters. The minimum absolute atomic E-state index is 0.124. The van der Waals surface area contributed by atoms with Crippen molar-refractivity contribution >= 4 is 45.8 Å². The summed E-state index contributed by atoms with van der Waals surface area (Å²) in [6.45, 7) is 2.53. The molecule has 1 rings (SSSR count). The van der Waals surface area contributed by atoms with Crippen LogP contribution in [0.3, 0.4) is 0 Å². The topological polar surface area (TPSA) is 52.4 Å². The van der Waals surface area contributed by atoms with E-state index in [2.05, 4.69) is 35.5 Å². The number of hydrogen-bond donors (Lipinski definition) is 1. The Morgan fingerprint density at radius 1 is 1.53 bits per heavy atom. The van der Waals surface area contributed by atoms with Crippen molar-refractivity contribution in [2.75, 3.05) is 12.4 Å². The molecule has 7 heteroatoms. The maximum absolute atomic E-state index is 11.0. The van der Waals surface area contributed by atoms with Crippen LogP contribution in [0.25, 0.3) is 0 Å². The first kappa shape index (κ1) is 16.6. The molecule has 0 aliphatic rings. The van der Waals surface area contributed by atoms with Crippen molar-refractivity contribution in [3.63, 3.8) is 0 Å². The summed E-state index contributed by atoms with van der Waals surface area (Å²) >= 11 is 13.2. The third kappa shape index (κ3) is 5.20. The van der Waals surface area contributed by atoms with Gasteiger partial charge in [-0.1, -0.05) is 18.5 Å². The van der Waals surface area contributed by atoms with Crippen LogP contribution in [-0.2, 0) is 0 Å². The number of nitrogens with zero attached hydrogens (tertiary/aromatic N) is 1. The van der Waals surface area contributed by atoms with E-state index in [9.17, 15) is 10.1 Å². The molecule has 0 saturated heterocycles. The molecule has 0 radical (unpaired) electrons. The molecular formula is C12H15BrClNO3S. The zero-order chi connectivity index (χ0) is 14.4. The third-order valence-electron chi connectivity index (χ3n) is 2.66. The van der Waals surface area contributed by atoms with Gasteiger partial charge in [0.05, 0.1) is 16.0 Å². The van der Waals surface area contributed by atoms with Crippen LogP contribution in [0.15, 0.2) is 16.6 Å². The van der Waals surface area contributed by atoms with Crippen LogP contribution < -0.4 is 4.74 Å². The minimum atomic E-state index is -0.497. The second-order valence-corrected chi connectivity index (χ2v) is 5.99. The number of thiol groups is 1. The van der Waals surface area contributed by atoms with E-state index in [0.717, 1.165) is 18.6 Å². The maximum atomic E-state index is 11.0. The lowest BCUT2D eigenvalue weighted by molar-refractivity contribution is -0.385. The molecule has 4 nitrogen and oxygen atoms in total. The molecule has 0 heterocycles. The highest BCUT2D eigenvalue weighted by molar-refractivity contribution is 9.10. The van der Waals surface area contributed by atoms with Gasteiger partial charge in [-0.2, -0.15) is 12.6 Å². The zero-order valence-electron chi connectivity index (χ0n) is 10.4. The Balaban J connectivity index is 2.75. The van der Waals surface area contributed by atoms with E-state index in [1.807, 2.05) is 0 Å². The van der Waals surface area contributed by atoms with E-state index in [0.29, 0.717) is 22.0 Å². The average molecular weight is 369 g/mol. The van der Waals surface area contributed by atoms with Gasteiger partial charge in [0.25, 0.3) is 0 Å². The number of benzene rings is 1. The van der Waals surface area contributed by atoms with Gasteiger partial charge in [0.2, 0.25) is 5.75 Å². The molecular weight excluding hydrogens is 354 g/mol. The lowest BCUT2D eigenvalue weighted by atomic mass is 10.1. The largest absolute Gasteiger partial charge is 0.486 e. The Bertz CT molecular complexity index is 459. The molecule has 1 aromatic rings. The highest BCUT2D eigenvalue weighted by Gasteiger charge is 2.20. The number of rotatable bonds is 7. The summed E-state index contributed by atoms with van der Waals surface area (Å²) in [6, 6.07) is 2.87. The normalized spacial score (nSPS) is 12.2. The number of nitro benzene ring substituents is 1. The fourth-order valence-corrected chi connectivity index (χ4v) is 2.90. The Kier molecular flexibility index (Phi) is 6.96. The Labute approximate surface area is 131 Å². The summed E-state index contributed by atoms with van der Waals surface area (Å²) in [7, 11) is 0. The SMILES string of the molecule is CC(CCS)CCOc1c(Br)cc(Cl)cc1[N+](=O)[O-]. The zero-order valence-corrected chi connectivity index (χ0v) is 13.7. The van der Waals surface area contributed by atoms with E-state index in [1.165, 1.54) is 6.07 Å². The summed E-state index contributed by atoms with van der Waals surface area (Å²) in [5, 5.41) is 11.3. The molecule has 0 aliphatic carbocycles. The molecule has 0 N–H and O–H groups in total. The van der Waals surface area contributed by atoms with Gasteiger partial charge in [-0.25, -0.2) is 0 Å². The highest BCUT2D eigenvalue weighted by Crippen LogP contribution is 2.38. The van der Waals surface area contributed by atoms with Gasteiger partial charge in [-0.05, 0) is 46.5 Å². The Morgan fingerprint density at radius 2 is 2.21 bits per heavy atom. The highest BCUT2D eigenvalue weighted by atomic mass is 79.9. The molecule has 0 fully saturated rings. The van der Waals surface area contributed by atoms with E-state index in [4.69, 9.17) is 16.3 Å². The molecule has 0 bridgehead atoms. The molecule has 0 saturated carbocycles. The Hall–Kier alpha value is -0.460. The van der Waals surface area contributed by atoms with Gasteiger partial charge in [0, 0.05) is 11.1 Å². The second kappa shape index (κ2) is 7.97. The van der Waals surface area contributed by atoms with E-state index < -0.39 is 4.92 Å². The molecule has 0 aromatic heterocycles. The van der Waals surface area contributed by atoms with Crippen molar-refractivity contribution < 1.29 is 9.66 Å². The van der Waals surface area contributed by atoms with Crippen LogP contribution in [-0.4, -0.2) is 17.3 Å². The van der Waals surface area contributed by atoms with Crippen molar-refractivity contribution in [3.8, 4) is 5.75 Å². The molecule has 19 heavy (non-hydrogen) atoms. The van der Waals surface area contributed by atoms with Crippen LogP contribution in [0.1, 0.15) is 19.8 Å². The number of hydrogen-bond acceptors (Lipinski definition) is 4. The van der Waals surface area contributed by atoms with Gasteiger partial charge in [0.15, 0.2) is 0 Å². The van der Waals surface area contributed by atoms with Crippen molar-refractivity contribution in [2.45, 2.75) is 19.8 Å². The summed E-state index contributed by atoms with van der Waals surface area (Å²) in [6.07, 6.45) is 1.82. The van der Waals surface area contributed by atoms with Crippen molar-refractivity contribution in [2.24, 2.45) is 5.92 Å². The van der Waals surface area contributed by atoms with Gasteiger partial charge in [-0.3, -0.25) is 10.1 Å². The lowest BCUT2D eigenvalue weighted by Gasteiger charge is -2.12. The molecule has 106 valence electrons. The monoisotopic (exact) mass is 367 g/mol. The van der Waals surface area contributed by atoms with Crippen LogP contribution in [0.4, 0.5) is 5.69 Å². The quantitative estimate of drug-likeness (QED) is 0.430. The van der Waals surface area contributed by atoms with Gasteiger partial charge in [0.1, 0.15) is 0 Å². The summed E-state index contributed by atoms with van der Waals surface area (Å²) in [5.41, 5.74) is -0.124. The van der Waals surface area contributed by atoms with E-state index in [1.54, 1.807) is 6.07 Å². The van der Waals surface area contributed by atoms with E-state index >= 15 is 0 Å². The number of nitro groups is 1. The number of halogens is 2. The first-order valence-corrected chi connectivity index (χ1v) is 7.63. The lowest BCUT2D eigenvalue weighted by Crippen LogP contribution is -2.06. The van der Waals surface area contributed by atoms with E-state index in [-0.39, 0.29) is 11.4 Å². The molecule has 0 spiro atoms. The second-order valence-electron chi connectivity index (χ2n) is 4.25. The minimum Gasteiger partial charge on any atom is -0.486 e. The fraction of sp³-hybridized carbons (Fsp3) is 0.500. The predicted molar refractivity (Wildman–Crippen MR) is 83.6 cm³/mol. The number of ether oxygens (including phenoxy) is 1. The standard InChI is InChI=1S/C12H15BrClNO3S/c1-8(3-5-19)2-4-18-12-10(13)6-9(14)7-11(12)15(16)17/h6-8,19H,2-5H2,1H3. The molecule has 1 aromatic carbocycles. The Morgan fingerprint density at radius 3 is 2.79 bits per heavy atom. The first-order valence-electron chi connectivity index (χ1n) is 5.82. The van der Waals surface area contributed by atoms with Crippen LogP contribution in [0.5, 0.6) is 5.75 Å². The van der Waals surface area contributed by atoms with Crippen LogP contribution in [0, 0.1) is 16.0 Å². The van der Waals surface area contributed by atoms with Gasteiger partial charge in [-0.15, -0.1) is 0 Å². The van der Waals surface area contributed by atoms with Crippen LogP contribution >= 0.6 is 40.2 Å².